The second-order valence-corrected chi connectivity index (χ2v) is 9.90. The molecule has 4 rings (SSSR count). The van der Waals surface area contributed by atoms with E-state index in [9.17, 15) is 4.79 Å². The summed E-state index contributed by atoms with van der Waals surface area (Å²) in [6, 6.07) is 4.56. The number of nitrogens with zero attached hydrogens (tertiary/aromatic N) is 4. The Labute approximate surface area is 177 Å². The predicted octanol–water partition coefficient (Wildman–Crippen LogP) is 4.10. The summed E-state index contributed by atoms with van der Waals surface area (Å²) < 4.78 is 2.15. The lowest BCUT2D eigenvalue weighted by Crippen LogP contribution is -2.48. The number of carbonyl (C=O) groups excluding carboxylic acids is 1. The second kappa shape index (κ2) is 8.46. The van der Waals surface area contributed by atoms with Gasteiger partial charge in [0.05, 0.1) is 0 Å². The van der Waals surface area contributed by atoms with Crippen LogP contribution in [0, 0.1) is 31.6 Å². The molecule has 0 bridgehead atoms. The van der Waals surface area contributed by atoms with Gasteiger partial charge >= 0.3 is 0 Å². The van der Waals surface area contributed by atoms with Gasteiger partial charge in [0.15, 0.2) is 0 Å². The number of aryl methyl sites for hydroxylation is 2. The number of carbonyl (C=O) groups is 1. The highest BCUT2D eigenvalue weighted by molar-refractivity contribution is 7.17. The summed E-state index contributed by atoms with van der Waals surface area (Å²) in [7, 11) is 0. The van der Waals surface area contributed by atoms with Crippen LogP contribution in [0.3, 0.4) is 0 Å². The van der Waals surface area contributed by atoms with Gasteiger partial charge in [-0.3, -0.25) is 9.36 Å². The van der Waals surface area contributed by atoms with Crippen LogP contribution >= 0.6 is 11.3 Å². The largest absolute Gasteiger partial charge is 0.353 e. The maximum absolute atomic E-state index is 12.8. The Balaban J connectivity index is 1.33. The van der Waals surface area contributed by atoms with Crippen molar-refractivity contribution in [2.45, 2.75) is 65.8 Å². The zero-order valence-corrected chi connectivity index (χ0v) is 18.8. The van der Waals surface area contributed by atoms with Crippen molar-refractivity contribution in [3.05, 3.63) is 23.5 Å². The van der Waals surface area contributed by atoms with Gasteiger partial charge in [0, 0.05) is 36.4 Å². The van der Waals surface area contributed by atoms with E-state index >= 15 is 0 Å². The maximum atomic E-state index is 12.8. The van der Waals surface area contributed by atoms with Crippen molar-refractivity contribution in [3.8, 4) is 5.13 Å². The van der Waals surface area contributed by atoms with E-state index in [1.54, 1.807) is 11.3 Å². The molecular weight excluding hydrogens is 382 g/mol. The van der Waals surface area contributed by atoms with Crippen LogP contribution < -0.4 is 10.2 Å². The van der Waals surface area contributed by atoms with Crippen molar-refractivity contribution in [2.24, 2.45) is 17.8 Å². The zero-order chi connectivity index (χ0) is 20.5. The van der Waals surface area contributed by atoms with Crippen molar-refractivity contribution in [3.63, 3.8) is 0 Å². The molecule has 3 atom stereocenters. The van der Waals surface area contributed by atoms with Crippen molar-refractivity contribution in [1.82, 2.24) is 20.1 Å². The minimum Gasteiger partial charge on any atom is -0.353 e. The molecule has 3 heterocycles. The molecule has 2 aliphatic rings. The summed E-state index contributed by atoms with van der Waals surface area (Å²) in [5.74, 6) is 1.66. The molecule has 1 amide bonds. The Morgan fingerprint density at radius 3 is 2.38 bits per heavy atom. The van der Waals surface area contributed by atoms with Gasteiger partial charge in [-0.1, -0.05) is 38.0 Å². The molecule has 1 saturated heterocycles. The molecule has 0 spiro atoms. The number of amides is 1. The molecular formula is C22H33N5OS. The van der Waals surface area contributed by atoms with Crippen LogP contribution in [0.25, 0.3) is 5.13 Å². The molecule has 2 aromatic heterocycles. The van der Waals surface area contributed by atoms with Crippen molar-refractivity contribution in [1.29, 1.82) is 0 Å². The average Bonchev–Trinajstić information content (AvgIpc) is 3.32. The highest BCUT2D eigenvalue weighted by Gasteiger charge is 2.32. The smallest absolute Gasteiger partial charge is 0.223 e. The molecule has 1 aliphatic heterocycles. The van der Waals surface area contributed by atoms with Crippen LogP contribution in [-0.2, 0) is 4.79 Å². The molecule has 0 radical (unpaired) electrons. The minimum atomic E-state index is 0.122. The van der Waals surface area contributed by atoms with E-state index in [-0.39, 0.29) is 11.8 Å². The summed E-state index contributed by atoms with van der Waals surface area (Å²) in [5.41, 5.74) is 2.35. The lowest BCUT2D eigenvalue weighted by atomic mass is 9.78. The first kappa shape index (κ1) is 20.4. The number of piperidine rings is 1. The Bertz CT molecular complexity index is 832. The van der Waals surface area contributed by atoms with Gasteiger partial charge in [0.1, 0.15) is 0 Å². The van der Waals surface area contributed by atoms with Gasteiger partial charge in [-0.25, -0.2) is 0 Å². The van der Waals surface area contributed by atoms with Crippen LogP contribution in [0.4, 0.5) is 5.13 Å². The fraction of sp³-hybridized carbons (Fsp3) is 0.682. The molecule has 0 aromatic carbocycles. The maximum Gasteiger partial charge on any atom is 0.223 e. The normalized spacial score (nSPS) is 25.9. The topological polar surface area (TPSA) is 63.1 Å². The minimum absolute atomic E-state index is 0.122. The Kier molecular flexibility index (Phi) is 5.95. The lowest BCUT2D eigenvalue weighted by Gasteiger charge is -2.36. The van der Waals surface area contributed by atoms with Gasteiger partial charge in [-0.05, 0) is 57.1 Å². The Hall–Kier alpha value is -1.89. The molecule has 2 fully saturated rings. The van der Waals surface area contributed by atoms with Crippen LogP contribution in [0.2, 0.25) is 0 Å². The van der Waals surface area contributed by atoms with Crippen molar-refractivity contribution >= 4 is 22.4 Å². The second-order valence-electron chi connectivity index (χ2n) is 8.96. The first-order valence-electron chi connectivity index (χ1n) is 11.0. The molecule has 1 N–H and O–H groups in total. The van der Waals surface area contributed by atoms with Crippen LogP contribution in [0.1, 0.15) is 57.3 Å². The van der Waals surface area contributed by atoms with Gasteiger partial charge in [-0.2, -0.15) is 0 Å². The standard InChI is InChI=1S/C22H33N5OS/c1-14-6-5-7-19(17(14)4)23-20(28)18-10-12-26(13-11-18)21-24-25-22(29-21)27-15(2)8-9-16(27)3/h8-9,14,17-19H,5-7,10-13H2,1-4H3,(H,23,28)/t14-,17-,19-/m1/s1. The number of aromatic nitrogens is 3. The number of rotatable bonds is 4. The van der Waals surface area contributed by atoms with Gasteiger partial charge < -0.3 is 10.2 Å². The fourth-order valence-corrected chi connectivity index (χ4v) is 5.83. The van der Waals surface area contributed by atoms with Crippen LogP contribution in [0.15, 0.2) is 12.1 Å². The summed E-state index contributed by atoms with van der Waals surface area (Å²) >= 11 is 1.63. The number of anilines is 1. The third-order valence-electron chi connectivity index (χ3n) is 7.04. The van der Waals surface area contributed by atoms with E-state index in [2.05, 4.69) is 64.8 Å². The van der Waals surface area contributed by atoms with Gasteiger partial charge in [-0.15, -0.1) is 10.2 Å². The first-order chi connectivity index (χ1) is 13.9. The van der Waals surface area contributed by atoms with E-state index < -0.39 is 0 Å². The quantitative estimate of drug-likeness (QED) is 0.816. The average molecular weight is 416 g/mol. The third-order valence-corrected chi connectivity index (χ3v) is 8.01. The predicted molar refractivity (Wildman–Crippen MR) is 118 cm³/mol. The number of hydrogen-bond donors (Lipinski definition) is 1. The summed E-state index contributed by atoms with van der Waals surface area (Å²) in [6.07, 6.45) is 5.42. The molecule has 0 unspecified atom stereocenters. The highest BCUT2D eigenvalue weighted by atomic mass is 32.1. The van der Waals surface area contributed by atoms with Gasteiger partial charge in [0.2, 0.25) is 16.2 Å². The summed E-state index contributed by atoms with van der Waals surface area (Å²) in [4.78, 5) is 15.1. The lowest BCUT2D eigenvalue weighted by molar-refractivity contribution is -0.127. The van der Waals surface area contributed by atoms with Crippen molar-refractivity contribution < 1.29 is 4.79 Å². The highest BCUT2D eigenvalue weighted by Crippen LogP contribution is 2.31. The number of hydrogen-bond acceptors (Lipinski definition) is 5. The summed E-state index contributed by atoms with van der Waals surface area (Å²) in [6.45, 7) is 10.5. The van der Waals surface area contributed by atoms with E-state index in [1.165, 1.54) is 24.2 Å². The molecule has 29 heavy (non-hydrogen) atoms. The molecule has 6 nitrogen and oxygen atoms in total. The van der Waals surface area contributed by atoms with Crippen LogP contribution in [-0.4, -0.2) is 39.8 Å². The van der Waals surface area contributed by atoms with Crippen LogP contribution in [0.5, 0.6) is 0 Å². The molecule has 1 saturated carbocycles. The zero-order valence-electron chi connectivity index (χ0n) is 18.0. The first-order valence-corrected chi connectivity index (χ1v) is 11.8. The fourth-order valence-electron chi connectivity index (χ4n) is 4.82. The van der Waals surface area contributed by atoms with Crippen molar-refractivity contribution in [2.75, 3.05) is 18.0 Å². The molecule has 7 heteroatoms. The summed E-state index contributed by atoms with van der Waals surface area (Å²) in [5, 5.41) is 14.1. The Morgan fingerprint density at radius 1 is 1.03 bits per heavy atom. The van der Waals surface area contributed by atoms with E-state index in [0.717, 1.165) is 42.6 Å². The van der Waals surface area contributed by atoms with Gasteiger partial charge in [0.25, 0.3) is 0 Å². The third kappa shape index (κ3) is 4.20. The van der Waals surface area contributed by atoms with E-state index in [0.29, 0.717) is 17.9 Å². The van der Waals surface area contributed by atoms with E-state index in [1.807, 2.05) is 0 Å². The SMILES string of the molecule is Cc1ccc(C)n1-c1nnc(N2CCC(C(=O)N[C@@H]3CCC[C@@H](C)[C@H]3C)CC2)s1. The monoisotopic (exact) mass is 415 g/mol. The molecule has 158 valence electrons. The molecule has 1 aliphatic carbocycles. The Morgan fingerprint density at radius 2 is 1.69 bits per heavy atom. The number of nitrogens with one attached hydrogen (secondary N) is 1. The van der Waals surface area contributed by atoms with E-state index in [4.69, 9.17) is 0 Å². The molecule has 2 aromatic rings.